The van der Waals surface area contributed by atoms with Gasteiger partial charge in [0.1, 0.15) is 0 Å². The lowest BCUT2D eigenvalue weighted by Gasteiger charge is -2.25. The molecule has 1 aliphatic rings. The van der Waals surface area contributed by atoms with Crippen LogP contribution in [0, 0.1) is 0 Å². The Kier molecular flexibility index (Phi) is 5.04. The van der Waals surface area contributed by atoms with E-state index in [4.69, 9.17) is 13.3 Å². The molecule has 0 bridgehead atoms. The highest BCUT2D eigenvalue weighted by Gasteiger charge is 2.38. The third-order valence-corrected chi connectivity index (χ3v) is 5.66. The maximum absolute atomic E-state index is 5.36. The van der Waals surface area contributed by atoms with E-state index in [0.717, 1.165) is 19.0 Å². The number of nitrogens with one attached hydrogen (secondary N) is 1. The van der Waals surface area contributed by atoms with Crippen LogP contribution in [0.15, 0.2) is 0 Å². The Balaban J connectivity index is 2.31. The smallest absolute Gasteiger partial charge is 0.377 e. The summed E-state index contributed by atoms with van der Waals surface area (Å²) in [6.07, 6.45) is 3.63. The molecule has 0 saturated carbocycles. The van der Waals surface area contributed by atoms with Crippen molar-refractivity contribution in [1.29, 1.82) is 0 Å². The Morgan fingerprint density at radius 1 is 1.21 bits per heavy atom. The van der Waals surface area contributed by atoms with Crippen molar-refractivity contribution in [2.45, 2.75) is 31.3 Å². The molecule has 0 radical (unpaired) electrons. The summed E-state index contributed by atoms with van der Waals surface area (Å²) >= 11 is 0. The van der Waals surface area contributed by atoms with Crippen LogP contribution in [-0.4, -0.2) is 42.7 Å². The largest absolute Gasteiger partial charge is 0.500 e. The predicted octanol–water partition coefficient (Wildman–Crippen LogP) is 1.01. The fourth-order valence-corrected chi connectivity index (χ4v) is 3.72. The molecule has 14 heavy (non-hydrogen) atoms. The quantitative estimate of drug-likeness (QED) is 0.677. The van der Waals surface area contributed by atoms with E-state index < -0.39 is 8.80 Å². The summed E-state index contributed by atoms with van der Waals surface area (Å²) in [4.78, 5) is 0. The molecule has 4 nitrogen and oxygen atoms in total. The van der Waals surface area contributed by atoms with Crippen molar-refractivity contribution in [2.75, 3.05) is 27.9 Å². The van der Waals surface area contributed by atoms with Crippen LogP contribution < -0.4 is 5.32 Å². The molecule has 1 saturated heterocycles. The van der Waals surface area contributed by atoms with Gasteiger partial charge in [-0.05, 0) is 25.8 Å². The Morgan fingerprint density at radius 3 is 2.29 bits per heavy atom. The highest BCUT2D eigenvalue weighted by molar-refractivity contribution is 6.60. The summed E-state index contributed by atoms with van der Waals surface area (Å²) in [5, 5.41) is 3.46. The van der Waals surface area contributed by atoms with Crippen molar-refractivity contribution in [3.8, 4) is 0 Å². The van der Waals surface area contributed by atoms with Crippen LogP contribution in [0.1, 0.15) is 19.3 Å². The minimum atomic E-state index is -2.32. The normalized spacial score (nSPS) is 22.9. The molecule has 0 aromatic carbocycles. The maximum atomic E-state index is 5.36. The van der Waals surface area contributed by atoms with Crippen LogP contribution in [0.2, 0.25) is 6.04 Å². The van der Waals surface area contributed by atoms with Gasteiger partial charge in [0.15, 0.2) is 0 Å². The molecular weight excluding hydrogens is 198 g/mol. The minimum absolute atomic E-state index is 0.627. The first-order valence-electron chi connectivity index (χ1n) is 5.15. The van der Waals surface area contributed by atoms with E-state index >= 15 is 0 Å². The van der Waals surface area contributed by atoms with Gasteiger partial charge < -0.3 is 18.6 Å². The van der Waals surface area contributed by atoms with E-state index in [9.17, 15) is 0 Å². The second kappa shape index (κ2) is 5.82. The zero-order chi connectivity index (χ0) is 10.4. The summed E-state index contributed by atoms with van der Waals surface area (Å²) in [5.74, 6) is 0. The average Bonchev–Trinajstić information content (AvgIpc) is 2.74. The van der Waals surface area contributed by atoms with Gasteiger partial charge in [-0.25, -0.2) is 0 Å². The summed E-state index contributed by atoms with van der Waals surface area (Å²) < 4.78 is 16.1. The van der Waals surface area contributed by atoms with E-state index in [1.807, 2.05) is 0 Å². The molecule has 0 amide bonds. The first-order chi connectivity index (χ1) is 6.76. The minimum Gasteiger partial charge on any atom is -0.377 e. The Morgan fingerprint density at radius 2 is 1.86 bits per heavy atom. The van der Waals surface area contributed by atoms with E-state index in [1.165, 1.54) is 12.8 Å². The van der Waals surface area contributed by atoms with Gasteiger partial charge in [0.25, 0.3) is 0 Å². The van der Waals surface area contributed by atoms with Gasteiger partial charge in [-0.15, -0.1) is 0 Å². The molecule has 1 unspecified atom stereocenters. The van der Waals surface area contributed by atoms with E-state index in [-0.39, 0.29) is 0 Å². The lowest BCUT2D eigenvalue weighted by atomic mass is 10.2. The molecule has 1 atom stereocenters. The van der Waals surface area contributed by atoms with Crippen LogP contribution in [0.3, 0.4) is 0 Å². The lowest BCUT2D eigenvalue weighted by molar-refractivity contribution is 0.122. The zero-order valence-corrected chi connectivity index (χ0v) is 10.3. The molecule has 0 aromatic heterocycles. The fraction of sp³-hybridized carbons (Fsp3) is 1.00. The average molecular weight is 219 g/mol. The topological polar surface area (TPSA) is 39.7 Å². The molecule has 1 heterocycles. The number of rotatable bonds is 6. The van der Waals surface area contributed by atoms with Crippen molar-refractivity contribution in [3.05, 3.63) is 0 Å². The molecule has 0 spiro atoms. The molecule has 1 fully saturated rings. The van der Waals surface area contributed by atoms with Gasteiger partial charge >= 0.3 is 8.80 Å². The third-order valence-electron chi connectivity index (χ3n) is 2.89. The predicted molar refractivity (Wildman–Crippen MR) is 57.2 cm³/mol. The van der Waals surface area contributed by atoms with Crippen LogP contribution in [-0.2, 0) is 13.3 Å². The molecule has 1 rings (SSSR count). The molecule has 84 valence electrons. The summed E-state index contributed by atoms with van der Waals surface area (Å²) in [6, 6.07) is 1.52. The van der Waals surface area contributed by atoms with Crippen molar-refractivity contribution in [2.24, 2.45) is 0 Å². The third kappa shape index (κ3) is 3.03. The van der Waals surface area contributed by atoms with Crippen molar-refractivity contribution < 1.29 is 13.3 Å². The molecule has 0 aliphatic carbocycles. The van der Waals surface area contributed by atoms with Gasteiger partial charge in [0.2, 0.25) is 0 Å². The molecule has 0 aromatic rings. The van der Waals surface area contributed by atoms with Crippen LogP contribution in [0.5, 0.6) is 0 Å². The van der Waals surface area contributed by atoms with Crippen LogP contribution >= 0.6 is 0 Å². The second-order valence-electron chi connectivity index (χ2n) is 3.63. The molecule has 1 N–H and O–H groups in total. The van der Waals surface area contributed by atoms with Gasteiger partial charge in [-0.3, -0.25) is 0 Å². The molecular formula is C9H21NO3Si. The first-order valence-corrected chi connectivity index (χ1v) is 7.08. The van der Waals surface area contributed by atoms with Crippen LogP contribution in [0.25, 0.3) is 0 Å². The Labute approximate surface area is 87.3 Å². The van der Waals surface area contributed by atoms with Gasteiger partial charge in [0.05, 0.1) is 0 Å². The van der Waals surface area contributed by atoms with Gasteiger partial charge in [-0.2, -0.15) is 0 Å². The fourth-order valence-electron chi connectivity index (χ4n) is 1.91. The summed E-state index contributed by atoms with van der Waals surface area (Å²) in [5.41, 5.74) is 0. The number of hydrogen-bond donors (Lipinski definition) is 1. The van der Waals surface area contributed by atoms with Crippen LogP contribution in [0.4, 0.5) is 0 Å². The Bertz CT molecular complexity index is 150. The highest BCUT2D eigenvalue weighted by Crippen LogP contribution is 2.19. The van der Waals surface area contributed by atoms with E-state index in [1.54, 1.807) is 21.3 Å². The zero-order valence-electron chi connectivity index (χ0n) is 9.34. The summed E-state index contributed by atoms with van der Waals surface area (Å²) in [7, 11) is 2.68. The lowest BCUT2D eigenvalue weighted by Crippen LogP contribution is -2.43. The Hall–Kier alpha value is 0.0569. The second-order valence-corrected chi connectivity index (χ2v) is 6.72. The van der Waals surface area contributed by atoms with E-state index in [0.29, 0.717) is 6.04 Å². The summed E-state index contributed by atoms with van der Waals surface area (Å²) in [6.45, 7) is 1.15. The molecule has 1 aliphatic heterocycles. The van der Waals surface area contributed by atoms with Gasteiger partial charge in [0, 0.05) is 33.4 Å². The number of hydrogen-bond acceptors (Lipinski definition) is 4. The van der Waals surface area contributed by atoms with Crippen molar-refractivity contribution >= 4 is 8.80 Å². The van der Waals surface area contributed by atoms with Crippen molar-refractivity contribution in [1.82, 2.24) is 5.32 Å². The maximum Gasteiger partial charge on any atom is 0.500 e. The first kappa shape index (κ1) is 12.1. The van der Waals surface area contributed by atoms with Crippen molar-refractivity contribution in [3.63, 3.8) is 0 Å². The van der Waals surface area contributed by atoms with E-state index in [2.05, 4.69) is 5.32 Å². The van der Waals surface area contributed by atoms with Gasteiger partial charge in [-0.1, -0.05) is 0 Å². The SMILES string of the molecule is CO[Si](CCC1CCCN1)(OC)OC. The highest BCUT2D eigenvalue weighted by atomic mass is 28.4. The monoisotopic (exact) mass is 219 g/mol. The molecule has 5 heteroatoms. The standard InChI is InChI=1S/C9H21NO3Si/c1-11-14(12-2,13-3)8-6-9-5-4-7-10-9/h9-10H,4-8H2,1-3H3.